The Morgan fingerprint density at radius 1 is 1.04 bits per heavy atom. The predicted octanol–water partition coefficient (Wildman–Crippen LogP) is 7.25. The standard InChI is InChI=1S/C36H24ClI2N3O4S/c1-2-45-35(44)30-31(24-6-4-3-5-7-24)41-36-42(32(30)25-12-14-26(37)15-13-25)34(43)29(47-36)18-23-16-27(38)33(28(39)17-23)46-20-22-10-8-21(19-40)9-11-22/h3-18,32H,2,20H2,1H3/b29-18-/t32-/m1/s1. The fraction of sp³-hybridized carbons (Fsp3) is 0.111. The second-order valence-corrected chi connectivity index (χ2v) is 14.2. The summed E-state index contributed by atoms with van der Waals surface area (Å²) in [5.41, 5.74) is 4.30. The molecule has 234 valence electrons. The number of fused-ring (bicyclic) bond motifs is 1. The highest BCUT2D eigenvalue weighted by molar-refractivity contribution is 14.1. The van der Waals surface area contributed by atoms with Crippen LogP contribution >= 0.6 is 68.1 Å². The Hall–Kier alpha value is -3.77. The van der Waals surface area contributed by atoms with Crippen molar-refractivity contribution < 1.29 is 14.3 Å². The quantitative estimate of drug-likeness (QED) is 0.121. The van der Waals surface area contributed by atoms with Gasteiger partial charge in [0.05, 0.1) is 47.2 Å². The first-order chi connectivity index (χ1) is 22.8. The summed E-state index contributed by atoms with van der Waals surface area (Å²) in [7, 11) is 0. The van der Waals surface area contributed by atoms with Crippen LogP contribution in [0.15, 0.2) is 106 Å². The number of ether oxygens (including phenoxy) is 2. The van der Waals surface area contributed by atoms with Crippen LogP contribution < -0.4 is 19.6 Å². The SMILES string of the molecule is CCOC(=O)C1=C(c2ccccc2)N=c2s/c(=C\c3cc(I)c(OCc4ccc(C#N)cc4)c(I)c3)c(=O)n2[C@@H]1c1ccc(Cl)cc1. The smallest absolute Gasteiger partial charge is 0.338 e. The van der Waals surface area contributed by atoms with Crippen LogP contribution in [0.4, 0.5) is 0 Å². The Morgan fingerprint density at radius 3 is 2.36 bits per heavy atom. The molecule has 11 heteroatoms. The molecule has 0 amide bonds. The molecule has 1 aliphatic heterocycles. The second kappa shape index (κ2) is 14.6. The minimum atomic E-state index is -0.779. The number of hydrogen-bond donors (Lipinski definition) is 0. The highest BCUT2D eigenvalue weighted by Gasteiger charge is 2.35. The second-order valence-electron chi connectivity index (χ2n) is 10.4. The molecule has 0 saturated heterocycles. The lowest BCUT2D eigenvalue weighted by Gasteiger charge is -2.25. The van der Waals surface area contributed by atoms with Gasteiger partial charge in [0, 0.05) is 10.6 Å². The minimum Gasteiger partial charge on any atom is -0.487 e. The van der Waals surface area contributed by atoms with E-state index in [0.29, 0.717) is 37.8 Å². The molecular formula is C36H24ClI2N3O4S. The van der Waals surface area contributed by atoms with E-state index in [1.54, 1.807) is 35.8 Å². The highest BCUT2D eigenvalue weighted by Crippen LogP contribution is 2.36. The predicted molar refractivity (Wildman–Crippen MR) is 200 cm³/mol. The van der Waals surface area contributed by atoms with Crippen molar-refractivity contribution in [3.05, 3.63) is 156 Å². The molecule has 5 aromatic rings. The Balaban J connectivity index is 1.45. The van der Waals surface area contributed by atoms with E-state index in [-0.39, 0.29) is 17.7 Å². The van der Waals surface area contributed by atoms with Crippen LogP contribution in [-0.4, -0.2) is 17.1 Å². The van der Waals surface area contributed by atoms with Gasteiger partial charge in [-0.25, -0.2) is 9.79 Å². The summed E-state index contributed by atoms with van der Waals surface area (Å²) in [6.07, 6.45) is 1.84. The number of nitrogens with zero attached hydrogens (tertiary/aromatic N) is 3. The number of benzene rings is 4. The van der Waals surface area contributed by atoms with E-state index in [4.69, 9.17) is 31.3 Å². The Bertz CT molecular complexity index is 2220. The van der Waals surface area contributed by atoms with Crippen LogP contribution in [0, 0.1) is 18.5 Å². The first kappa shape index (κ1) is 33.1. The summed E-state index contributed by atoms with van der Waals surface area (Å²) >= 11 is 12.0. The molecule has 0 radical (unpaired) electrons. The van der Waals surface area contributed by atoms with Crippen molar-refractivity contribution in [1.82, 2.24) is 4.57 Å². The summed E-state index contributed by atoms with van der Waals surface area (Å²) < 4.78 is 15.5. The van der Waals surface area contributed by atoms with Gasteiger partial charge in [-0.15, -0.1) is 0 Å². The third-order valence-electron chi connectivity index (χ3n) is 7.34. The van der Waals surface area contributed by atoms with Gasteiger partial charge in [-0.05, 0) is 111 Å². The number of carbonyl (C=O) groups excluding carboxylic acids is 1. The Labute approximate surface area is 306 Å². The van der Waals surface area contributed by atoms with Gasteiger partial charge in [-0.1, -0.05) is 77.5 Å². The number of halogens is 3. The lowest BCUT2D eigenvalue weighted by molar-refractivity contribution is -0.138. The zero-order valence-electron chi connectivity index (χ0n) is 24.7. The van der Waals surface area contributed by atoms with Crippen LogP contribution in [0.2, 0.25) is 5.02 Å². The van der Waals surface area contributed by atoms with E-state index in [1.165, 1.54) is 11.3 Å². The first-order valence-corrected chi connectivity index (χ1v) is 17.8. The van der Waals surface area contributed by atoms with E-state index < -0.39 is 12.0 Å². The largest absolute Gasteiger partial charge is 0.487 e. The van der Waals surface area contributed by atoms with Gasteiger partial charge in [0.1, 0.15) is 12.4 Å². The fourth-order valence-electron chi connectivity index (χ4n) is 5.18. The Kier molecular flexibility index (Phi) is 10.3. The molecule has 1 atom stereocenters. The summed E-state index contributed by atoms with van der Waals surface area (Å²) in [5, 5.41) is 9.60. The third kappa shape index (κ3) is 7.08. The molecule has 0 aliphatic carbocycles. The number of hydrogen-bond acceptors (Lipinski definition) is 7. The van der Waals surface area contributed by atoms with E-state index in [1.807, 2.05) is 72.8 Å². The maximum Gasteiger partial charge on any atom is 0.338 e. The van der Waals surface area contributed by atoms with Crippen molar-refractivity contribution in [3.8, 4) is 11.8 Å². The van der Waals surface area contributed by atoms with E-state index >= 15 is 0 Å². The van der Waals surface area contributed by atoms with Crippen molar-refractivity contribution >= 4 is 85.9 Å². The molecule has 4 aromatic carbocycles. The molecule has 0 bridgehead atoms. The van der Waals surface area contributed by atoms with Gasteiger partial charge >= 0.3 is 5.97 Å². The van der Waals surface area contributed by atoms with E-state index in [9.17, 15) is 9.59 Å². The van der Waals surface area contributed by atoms with Gasteiger partial charge < -0.3 is 9.47 Å². The molecule has 6 rings (SSSR count). The molecule has 0 saturated carbocycles. The molecule has 0 fully saturated rings. The van der Waals surface area contributed by atoms with Gasteiger partial charge in [-0.3, -0.25) is 9.36 Å². The number of carbonyl (C=O) groups is 1. The summed E-state index contributed by atoms with van der Waals surface area (Å²) in [6.45, 7) is 2.28. The molecule has 47 heavy (non-hydrogen) atoms. The average molecular weight is 884 g/mol. The van der Waals surface area contributed by atoms with Crippen LogP contribution in [0.25, 0.3) is 11.8 Å². The third-order valence-corrected chi connectivity index (χ3v) is 10.2. The van der Waals surface area contributed by atoms with Crippen molar-refractivity contribution in [2.24, 2.45) is 4.99 Å². The van der Waals surface area contributed by atoms with E-state index in [2.05, 4.69) is 51.3 Å². The summed E-state index contributed by atoms with van der Waals surface area (Å²) in [6, 6.07) is 29.1. The maximum absolute atomic E-state index is 14.2. The van der Waals surface area contributed by atoms with Crippen LogP contribution in [-0.2, 0) is 16.1 Å². The lowest BCUT2D eigenvalue weighted by Crippen LogP contribution is -2.40. The van der Waals surface area contributed by atoms with Crippen LogP contribution in [0.5, 0.6) is 5.75 Å². The molecule has 2 heterocycles. The summed E-state index contributed by atoms with van der Waals surface area (Å²) in [4.78, 5) is 33.2. The van der Waals surface area contributed by atoms with Crippen molar-refractivity contribution in [2.75, 3.05) is 6.61 Å². The van der Waals surface area contributed by atoms with Crippen molar-refractivity contribution in [3.63, 3.8) is 0 Å². The summed E-state index contributed by atoms with van der Waals surface area (Å²) in [5.74, 6) is 0.202. The zero-order chi connectivity index (χ0) is 33.1. The van der Waals surface area contributed by atoms with Crippen LogP contribution in [0.3, 0.4) is 0 Å². The highest BCUT2D eigenvalue weighted by atomic mass is 127. The molecule has 0 spiro atoms. The molecule has 1 aliphatic rings. The maximum atomic E-state index is 14.2. The number of nitriles is 1. The monoisotopic (exact) mass is 883 g/mol. The molecule has 7 nitrogen and oxygen atoms in total. The zero-order valence-corrected chi connectivity index (χ0v) is 30.6. The molecule has 1 aromatic heterocycles. The molecule has 0 unspecified atom stereocenters. The first-order valence-electron chi connectivity index (χ1n) is 14.4. The van der Waals surface area contributed by atoms with Crippen LogP contribution in [0.1, 0.15) is 40.8 Å². The van der Waals surface area contributed by atoms with Crippen molar-refractivity contribution in [1.29, 1.82) is 5.26 Å². The minimum absolute atomic E-state index is 0.173. The van der Waals surface area contributed by atoms with Gasteiger partial charge in [0.2, 0.25) is 0 Å². The molecular weight excluding hydrogens is 860 g/mol. The number of rotatable bonds is 8. The number of aromatic nitrogens is 1. The number of thiazole rings is 1. The van der Waals surface area contributed by atoms with E-state index in [0.717, 1.165) is 29.6 Å². The average Bonchev–Trinajstić information content (AvgIpc) is 3.38. The number of esters is 1. The molecule has 0 N–H and O–H groups in total. The van der Waals surface area contributed by atoms with Gasteiger partial charge in [0.15, 0.2) is 4.80 Å². The van der Waals surface area contributed by atoms with Gasteiger partial charge in [0.25, 0.3) is 5.56 Å². The Morgan fingerprint density at radius 2 is 1.72 bits per heavy atom. The fourth-order valence-corrected chi connectivity index (χ4v) is 8.44. The lowest BCUT2D eigenvalue weighted by atomic mass is 9.93. The van der Waals surface area contributed by atoms with Gasteiger partial charge in [-0.2, -0.15) is 5.26 Å². The van der Waals surface area contributed by atoms with Crippen molar-refractivity contribution in [2.45, 2.75) is 19.6 Å². The normalized spacial score (nSPS) is 14.3. The topological polar surface area (TPSA) is 93.7 Å².